The van der Waals surface area contributed by atoms with E-state index in [4.69, 9.17) is 14.9 Å². The molecule has 4 saturated carbocycles. The lowest BCUT2D eigenvalue weighted by Crippen LogP contribution is -2.62. The first-order valence-corrected chi connectivity index (χ1v) is 14.2. The van der Waals surface area contributed by atoms with Crippen molar-refractivity contribution in [1.82, 2.24) is 0 Å². The number of carbonyl (C=O) groups excluding carboxylic acids is 1. The monoisotopic (exact) mass is 499 g/mol. The number of hydrogen-bond acceptors (Lipinski definition) is 6. The molecule has 0 amide bonds. The number of nitrogens with two attached hydrogens (primary N) is 1. The Kier molecular flexibility index (Phi) is 6.68. The van der Waals surface area contributed by atoms with Gasteiger partial charge in [0.05, 0.1) is 11.9 Å². The summed E-state index contributed by atoms with van der Waals surface area (Å²) in [5.41, 5.74) is 6.07. The molecule has 4 aliphatic carbocycles. The smallest absolute Gasteiger partial charge is 0.335 e. The fourth-order valence-electron chi connectivity index (χ4n) is 9.25. The molecule has 0 saturated heterocycles. The minimum absolute atomic E-state index is 0.0362. The van der Waals surface area contributed by atoms with Crippen LogP contribution in [0.5, 0.6) is 0 Å². The summed E-state index contributed by atoms with van der Waals surface area (Å²) >= 11 is 0. The molecule has 5 rings (SSSR count). The number of aliphatic hydroxyl groups is 1. The van der Waals surface area contributed by atoms with Crippen LogP contribution in [-0.4, -0.2) is 28.8 Å². The van der Waals surface area contributed by atoms with Crippen LogP contribution in [-0.2, 0) is 9.53 Å². The molecule has 3 N–H and O–H groups in total. The molecule has 1 aromatic rings. The van der Waals surface area contributed by atoms with Gasteiger partial charge in [0, 0.05) is 11.5 Å². The number of esters is 1. The highest BCUT2D eigenvalue weighted by atomic mass is 16.5. The molecular formula is C30H45NO5. The summed E-state index contributed by atoms with van der Waals surface area (Å²) in [6, 6.07) is 2.87. The third-order valence-electron chi connectivity index (χ3n) is 11.2. The Morgan fingerprint density at radius 3 is 2.58 bits per heavy atom. The van der Waals surface area contributed by atoms with Gasteiger partial charge in [-0.25, -0.2) is 4.79 Å². The fourth-order valence-corrected chi connectivity index (χ4v) is 9.25. The first-order chi connectivity index (χ1) is 17.0. The molecule has 6 heteroatoms. The number of carbonyl (C=O) groups is 1. The summed E-state index contributed by atoms with van der Waals surface area (Å²) in [6.07, 6.45) is 11.0. The van der Waals surface area contributed by atoms with Gasteiger partial charge in [0.2, 0.25) is 0 Å². The van der Waals surface area contributed by atoms with Gasteiger partial charge in [-0.2, -0.15) is 0 Å². The topological polar surface area (TPSA) is 103 Å². The maximum atomic E-state index is 12.6. The van der Waals surface area contributed by atoms with Crippen LogP contribution >= 0.6 is 0 Å². The van der Waals surface area contributed by atoms with E-state index >= 15 is 0 Å². The van der Waals surface area contributed by atoms with E-state index in [0.29, 0.717) is 24.2 Å². The van der Waals surface area contributed by atoms with E-state index in [-0.39, 0.29) is 40.4 Å². The van der Waals surface area contributed by atoms with Crippen LogP contribution in [0.15, 0.2) is 27.6 Å². The Morgan fingerprint density at radius 2 is 1.89 bits per heavy atom. The van der Waals surface area contributed by atoms with Crippen molar-refractivity contribution in [1.29, 1.82) is 0 Å². The number of fused-ring (bicyclic) bond motifs is 5. The Hall–Kier alpha value is -1.66. The molecule has 200 valence electrons. The quantitative estimate of drug-likeness (QED) is 0.542. The Bertz CT molecular complexity index is 1020. The van der Waals surface area contributed by atoms with Gasteiger partial charge in [-0.3, -0.25) is 4.79 Å². The maximum absolute atomic E-state index is 12.6. The van der Waals surface area contributed by atoms with E-state index in [2.05, 4.69) is 27.7 Å². The molecule has 1 aromatic heterocycles. The molecule has 0 aliphatic heterocycles. The largest absolute Gasteiger partial charge is 0.461 e. The molecule has 0 bridgehead atoms. The minimum Gasteiger partial charge on any atom is -0.461 e. The standard InChI is InChI=1S/C30H45NO5/c1-18(2)15-25(31)27(33)36-21-9-12-28(3)20(16-21)6-7-24-23(28)10-13-29(4)22(11-14-30(24,29)34)19-5-8-26(32)35-17-19/h5,8,17-18,20-25,34H,6-7,9-16,31H2,1-4H3/t20-,21+,22-,23+,24-,25+,28+,29-,30+/m1/s1. The van der Waals surface area contributed by atoms with Crippen molar-refractivity contribution in [3.05, 3.63) is 34.4 Å². The van der Waals surface area contributed by atoms with Gasteiger partial charge >= 0.3 is 11.6 Å². The summed E-state index contributed by atoms with van der Waals surface area (Å²) in [5, 5.41) is 12.4. The average molecular weight is 500 g/mol. The highest BCUT2D eigenvalue weighted by Gasteiger charge is 2.67. The SMILES string of the molecule is CC(C)C[C@H](N)C(=O)O[C@H]1CC[C@@]2(C)[C@H](CC[C@@H]3[C@@H]2CC[C@]2(C)[C@@H](c4ccc(=O)oc4)CC[C@]32O)C1. The Labute approximate surface area is 215 Å². The lowest BCUT2D eigenvalue weighted by atomic mass is 9.43. The van der Waals surface area contributed by atoms with Crippen LogP contribution in [0.25, 0.3) is 0 Å². The number of ether oxygens (including phenoxy) is 1. The summed E-state index contributed by atoms with van der Waals surface area (Å²) in [5.74, 6) is 1.63. The van der Waals surface area contributed by atoms with E-state index in [1.54, 1.807) is 6.26 Å². The third-order valence-corrected chi connectivity index (χ3v) is 11.2. The molecule has 9 atom stereocenters. The molecule has 36 heavy (non-hydrogen) atoms. The molecule has 0 spiro atoms. The molecule has 4 fully saturated rings. The molecule has 4 aliphatic rings. The van der Waals surface area contributed by atoms with E-state index < -0.39 is 11.6 Å². The molecule has 0 unspecified atom stereocenters. The highest BCUT2D eigenvalue weighted by Crippen LogP contribution is 2.70. The molecule has 0 radical (unpaired) electrons. The van der Waals surface area contributed by atoms with Crippen molar-refractivity contribution < 1.29 is 19.1 Å². The van der Waals surface area contributed by atoms with Crippen LogP contribution in [0.3, 0.4) is 0 Å². The zero-order valence-electron chi connectivity index (χ0n) is 22.5. The van der Waals surface area contributed by atoms with Gasteiger partial charge in [-0.15, -0.1) is 0 Å². The summed E-state index contributed by atoms with van der Waals surface area (Å²) in [6.45, 7) is 8.87. The first kappa shape index (κ1) is 26.0. The maximum Gasteiger partial charge on any atom is 0.335 e. The van der Waals surface area contributed by atoms with Crippen molar-refractivity contribution in [2.24, 2.45) is 40.2 Å². The lowest BCUT2D eigenvalue weighted by molar-refractivity contribution is -0.207. The predicted octanol–water partition coefficient (Wildman–Crippen LogP) is 5.17. The van der Waals surface area contributed by atoms with Crippen LogP contribution in [0.1, 0.15) is 103 Å². The zero-order chi connectivity index (χ0) is 25.9. The normalized spacial score (nSPS) is 42.8. The van der Waals surface area contributed by atoms with Gasteiger partial charge in [-0.1, -0.05) is 27.7 Å². The van der Waals surface area contributed by atoms with Crippen molar-refractivity contribution in [3.8, 4) is 0 Å². The molecule has 6 nitrogen and oxygen atoms in total. The molecular weight excluding hydrogens is 454 g/mol. The van der Waals surface area contributed by atoms with Gasteiger partial charge < -0.3 is 20.0 Å². The minimum atomic E-state index is -0.697. The van der Waals surface area contributed by atoms with Gasteiger partial charge in [0.1, 0.15) is 12.1 Å². The second-order valence-electron chi connectivity index (χ2n) is 13.4. The van der Waals surface area contributed by atoms with Gasteiger partial charge in [0.15, 0.2) is 0 Å². The van der Waals surface area contributed by atoms with Crippen molar-refractivity contribution in [3.63, 3.8) is 0 Å². The van der Waals surface area contributed by atoms with E-state index in [0.717, 1.165) is 63.4 Å². The molecule has 0 aromatic carbocycles. The van der Waals surface area contributed by atoms with Crippen LogP contribution in [0.4, 0.5) is 0 Å². The van der Waals surface area contributed by atoms with Crippen LogP contribution < -0.4 is 11.4 Å². The van der Waals surface area contributed by atoms with Crippen molar-refractivity contribution in [2.75, 3.05) is 0 Å². The van der Waals surface area contributed by atoms with Crippen molar-refractivity contribution >= 4 is 5.97 Å². The predicted molar refractivity (Wildman–Crippen MR) is 138 cm³/mol. The van der Waals surface area contributed by atoms with Crippen LogP contribution in [0, 0.1) is 34.5 Å². The number of rotatable bonds is 5. The summed E-state index contributed by atoms with van der Waals surface area (Å²) < 4.78 is 11.1. The lowest BCUT2D eigenvalue weighted by Gasteiger charge is -2.63. The van der Waals surface area contributed by atoms with Crippen molar-refractivity contribution in [2.45, 2.75) is 116 Å². The zero-order valence-corrected chi connectivity index (χ0v) is 22.5. The summed E-state index contributed by atoms with van der Waals surface area (Å²) in [7, 11) is 0. The van der Waals surface area contributed by atoms with E-state index in [1.807, 2.05) is 6.07 Å². The Morgan fingerprint density at radius 1 is 1.11 bits per heavy atom. The fraction of sp³-hybridized carbons (Fsp3) is 0.800. The van der Waals surface area contributed by atoms with E-state index in [9.17, 15) is 14.7 Å². The van der Waals surface area contributed by atoms with E-state index in [1.165, 1.54) is 6.07 Å². The Balaban J connectivity index is 1.30. The van der Waals surface area contributed by atoms with Crippen LogP contribution in [0.2, 0.25) is 0 Å². The second kappa shape index (κ2) is 9.27. The summed E-state index contributed by atoms with van der Waals surface area (Å²) in [4.78, 5) is 24.1. The molecule has 1 heterocycles. The first-order valence-electron chi connectivity index (χ1n) is 14.2. The average Bonchev–Trinajstić information content (AvgIpc) is 3.10. The van der Waals surface area contributed by atoms with Gasteiger partial charge in [0.25, 0.3) is 0 Å². The van der Waals surface area contributed by atoms with Gasteiger partial charge in [-0.05, 0) is 111 Å². The third kappa shape index (κ3) is 4.07. The number of hydrogen-bond donors (Lipinski definition) is 2. The second-order valence-corrected chi connectivity index (χ2v) is 13.4. The highest BCUT2D eigenvalue weighted by molar-refractivity contribution is 5.75.